The molecule has 0 spiro atoms. The number of hydrogen-bond acceptors (Lipinski definition) is 3. The van der Waals surface area contributed by atoms with Crippen molar-refractivity contribution in [3.63, 3.8) is 0 Å². The first-order chi connectivity index (χ1) is 8.93. The lowest BCUT2D eigenvalue weighted by Crippen LogP contribution is -2.19. The standard InChI is InChI=1S/C15H19BrN2S/c1-15(2,3)12-9-19-14(18-12)13(17-4)10-7-5-6-8-11(10)16/h5-9,13,17H,1-4H3. The lowest BCUT2D eigenvalue weighted by atomic mass is 9.93. The third-order valence-corrected chi connectivity index (χ3v) is 4.67. The van der Waals surface area contributed by atoms with Gasteiger partial charge in [-0.15, -0.1) is 11.3 Å². The summed E-state index contributed by atoms with van der Waals surface area (Å²) in [5.41, 5.74) is 2.47. The highest BCUT2D eigenvalue weighted by atomic mass is 79.9. The van der Waals surface area contributed by atoms with Gasteiger partial charge in [0.2, 0.25) is 0 Å². The van der Waals surface area contributed by atoms with Crippen LogP contribution in [-0.4, -0.2) is 12.0 Å². The normalized spacial score (nSPS) is 13.5. The fourth-order valence-electron chi connectivity index (χ4n) is 1.89. The highest BCUT2D eigenvalue weighted by Crippen LogP contribution is 2.32. The van der Waals surface area contributed by atoms with Gasteiger partial charge in [0, 0.05) is 15.3 Å². The first-order valence-electron chi connectivity index (χ1n) is 6.31. The van der Waals surface area contributed by atoms with E-state index in [4.69, 9.17) is 4.98 Å². The maximum absolute atomic E-state index is 4.81. The SMILES string of the molecule is CNC(c1nc(C(C)(C)C)cs1)c1ccccc1Br. The minimum absolute atomic E-state index is 0.0982. The van der Waals surface area contributed by atoms with Gasteiger partial charge >= 0.3 is 0 Å². The van der Waals surface area contributed by atoms with E-state index in [1.165, 1.54) is 5.56 Å². The summed E-state index contributed by atoms with van der Waals surface area (Å²) < 4.78 is 1.11. The van der Waals surface area contributed by atoms with Crippen LogP contribution >= 0.6 is 27.3 Å². The van der Waals surface area contributed by atoms with Crippen LogP contribution in [0.15, 0.2) is 34.1 Å². The number of aromatic nitrogens is 1. The number of nitrogens with zero attached hydrogens (tertiary/aromatic N) is 1. The van der Waals surface area contributed by atoms with E-state index >= 15 is 0 Å². The van der Waals surface area contributed by atoms with Gasteiger partial charge in [-0.25, -0.2) is 4.98 Å². The van der Waals surface area contributed by atoms with Crippen molar-refractivity contribution in [3.8, 4) is 0 Å². The quantitative estimate of drug-likeness (QED) is 0.890. The molecule has 0 amide bonds. The topological polar surface area (TPSA) is 24.9 Å². The molecular weight excluding hydrogens is 320 g/mol. The molecule has 2 nitrogen and oxygen atoms in total. The van der Waals surface area contributed by atoms with Crippen molar-refractivity contribution in [1.29, 1.82) is 0 Å². The zero-order valence-electron chi connectivity index (χ0n) is 11.7. The molecule has 1 unspecified atom stereocenters. The number of thiazole rings is 1. The zero-order chi connectivity index (χ0) is 14.0. The van der Waals surface area contributed by atoms with Crippen molar-refractivity contribution in [3.05, 3.63) is 50.4 Å². The molecule has 0 radical (unpaired) electrons. The third kappa shape index (κ3) is 3.25. The minimum atomic E-state index is 0.0982. The summed E-state index contributed by atoms with van der Waals surface area (Å²) in [7, 11) is 1.97. The minimum Gasteiger partial charge on any atom is -0.307 e. The lowest BCUT2D eigenvalue weighted by Gasteiger charge is -2.17. The predicted molar refractivity (Wildman–Crippen MR) is 85.9 cm³/mol. The molecule has 0 bridgehead atoms. The van der Waals surface area contributed by atoms with Gasteiger partial charge in [-0.2, -0.15) is 0 Å². The van der Waals surface area contributed by atoms with Crippen molar-refractivity contribution in [1.82, 2.24) is 10.3 Å². The molecule has 0 aliphatic carbocycles. The Morgan fingerprint density at radius 3 is 2.47 bits per heavy atom. The Bertz CT molecular complexity index is 557. The van der Waals surface area contributed by atoms with Crippen LogP contribution in [0.3, 0.4) is 0 Å². The van der Waals surface area contributed by atoms with Crippen molar-refractivity contribution in [2.75, 3.05) is 7.05 Å². The van der Waals surface area contributed by atoms with Gasteiger partial charge in [-0.3, -0.25) is 0 Å². The Morgan fingerprint density at radius 1 is 1.26 bits per heavy atom. The van der Waals surface area contributed by atoms with Crippen LogP contribution in [0, 0.1) is 0 Å². The number of hydrogen-bond donors (Lipinski definition) is 1. The molecule has 102 valence electrons. The fraction of sp³-hybridized carbons (Fsp3) is 0.400. The van der Waals surface area contributed by atoms with E-state index in [0.29, 0.717) is 0 Å². The largest absolute Gasteiger partial charge is 0.307 e. The highest BCUT2D eigenvalue weighted by molar-refractivity contribution is 9.10. The molecule has 1 aromatic carbocycles. The van der Waals surface area contributed by atoms with Crippen molar-refractivity contribution >= 4 is 27.3 Å². The molecule has 0 aliphatic heterocycles. The van der Waals surface area contributed by atoms with Gasteiger partial charge in [0.25, 0.3) is 0 Å². The van der Waals surface area contributed by atoms with Gasteiger partial charge in [0.15, 0.2) is 0 Å². The fourth-order valence-corrected chi connectivity index (χ4v) is 3.57. The molecule has 0 fully saturated rings. The number of halogens is 1. The molecule has 1 N–H and O–H groups in total. The van der Waals surface area contributed by atoms with Gasteiger partial charge in [-0.05, 0) is 18.7 Å². The molecule has 1 heterocycles. The van der Waals surface area contributed by atoms with Gasteiger partial charge in [0.1, 0.15) is 5.01 Å². The maximum Gasteiger partial charge on any atom is 0.114 e. The predicted octanol–water partition coefficient (Wildman–Crippen LogP) is 4.51. The molecule has 19 heavy (non-hydrogen) atoms. The Kier molecular flexibility index (Phi) is 4.43. The number of benzene rings is 1. The maximum atomic E-state index is 4.81. The zero-order valence-corrected chi connectivity index (χ0v) is 14.1. The van der Waals surface area contributed by atoms with Gasteiger partial charge in [0.05, 0.1) is 11.7 Å². The second kappa shape index (κ2) is 5.73. The molecule has 1 atom stereocenters. The van der Waals surface area contributed by atoms with Crippen LogP contribution in [0.1, 0.15) is 43.1 Å². The second-order valence-electron chi connectivity index (χ2n) is 5.56. The Morgan fingerprint density at radius 2 is 1.95 bits per heavy atom. The summed E-state index contributed by atoms with van der Waals surface area (Å²) in [5.74, 6) is 0. The summed E-state index contributed by atoms with van der Waals surface area (Å²) in [6.07, 6.45) is 0. The summed E-state index contributed by atoms with van der Waals surface area (Å²) >= 11 is 5.34. The molecule has 4 heteroatoms. The Labute approximate surface area is 127 Å². The summed E-state index contributed by atoms with van der Waals surface area (Å²) in [4.78, 5) is 4.81. The van der Waals surface area contributed by atoms with Crippen molar-refractivity contribution < 1.29 is 0 Å². The van der Waals surface area contributed by atoms with E-state index in [0.717, 1.165) is 15.2 Å². The van der Waals surface area contributed by atoms with E-state index in [1.807, 2.05) is 13.1 Å². The average Bonchev–Trinajstić information content (AvgIpc) is 2.82. The van der Waals surface area contributed by atoms with Crippen LogP contribution in [0.5, 0.6) is 0 Å². The average molecular weight is 339 g/mol. The van der Waals surface area contributed by atoms with Crippen LogP contribution in [0.25, 0.3) is 0 Å². The Balaban J connectivity index is 2.38. The number of rotatable bonds is 3. The summed E-state index contributed by atoms with van der Waals surface area (Å²) in [6.45, 7) is 6.58. The molecule has 2 aromatic rings. The van der Waals surface area contributed by atoms with E-state index in [-0.39, 0.29) is 11.5 Å². The molecule has 0 saturated heterocycles. The second-order valence-corrected chi connectivity index (χ2v) is 7.31. The first-order valence-corrected chi connectivity index (χ1v) is 7.98. The Hall–Kier alpha value is -0.710. The summed E-state index contributed by atoms with van der Waals surface area (Å²) in [5, 5.41) is 6.63. The highest BCUT2D eigenvalue weighted by Gasteiger charge is 2.22. The van der Waals surface area contributed by atoms with Crippen LogP contribution in [-0.2, 0) is 5.41 Å². The molecule has 0 saturated carbocycles. The van der Waals surface area contributed by atoms with E-state index in [9.17, 15) is 0 Å². The third-order valence-electron chi connectivity index (χ3n) is 3.04. The molecule has 1 aromatic heterocycles. The van der Waals surface area contributed by atoms with E-state index in [2.05, 4.69) is 65.6 Å². The van der Waals surface area contributed by atoms with Crippen molar-refractivity contribution in [2.45, 2.75) is 32.2 Å². The monoisotopic (exact) mass is 338 g/mol. The number of nitrogens with one attached hydrogen (secondary N) is 1. The van der Waals surface area contributed by atoms with Crippen molar-refractivity contribution in [2.24, 2.45) is 0 Å². The van der Waals surface area contributed by atoms with E-state index < -0.39 is 0 Å². The van der Waals surface area contributed by atoms with Crippen LogP contribution < -0.4 is 5.32 Å². The summed E-state index contributed by atoms with van der Waals surface area (Å²) in [6, 6.07) is 8.42. The van der Waals surface area contributed by atoms with E-state index in [1.54, 1.807) is 11.3 Å². The first kappa shape index (κ1) is 14.7. The van der Waals surface area contributed by atoms with Crippen LogP contribution in [0.4, 0.5) is 0 Å². The molecule has 2 rings (SSSR count). The molecular formula is C15H19BrN2S. The van der Waals surface area contributed by atoms with Gasteiger partial charge in [-0.1, -0.05) is 54.9 Å². The van der Waals surface area contributed by atoms with Crippen LogP contribution in [0.2, 0.25) is 0 Å². The molecule has 0 aliphatic rings. The van der Waals surface area contributed by atoms with Gasteiger partial charge < -0.3 is 5.32 Å². The lowest BCUT2D eigenvalue weighted by molar-refractivity contribution is 0.566. The smallest absolute Gasteiger partial charge is 0.114 e.